The molecule has 1 heterocycles. The molecule has 0 atom stereocenters. The molecule has 1 saturated heterocycles. The molecule has 0 saturated carbocycles. The zero-order chi connectivity index (χ0) is 18.5. The molecule has 4 nitrogen and oxygen atoms in total. The van der Waals surface area contributed by atoms with Crippen molar-refractivity contribution in [2.45, 2.75) is 19.8 Å². The Hall–Kier alpha value is -3.13. The van der Waals surface area contributed by atoms with E-state index in [0.29, 0.717) is 5.69 Å². The van der Waals surface area contributed by atoms with E-state index in [0.717, 1.165) is 24.2 Å². The smallest absolute Gasteiger partial charge is 0.266 e. The fourth-order valence-corrected chi connectivity index (χ4v) is 3.03. The molecule has 1 aliphatic rings. The normalized spacial score (nSPS) is 14.2. The quantitative estimate of drug-likeness (QED) is 0.662. The number of carbonyl (C=O) groups is 1. The van der Waals surface area contributed by atoms with Gasteiger partial charge in [-0.1, -0.05) is 6.07 Å². The Labute approximate surface area is 152 Å². The lowest BCUT2D eigenvalue weighted by Crippen LogP contribution is -2.17. The van der Waals surface area contributed by atoms with Crippen LogP contribution in [0.2, 0.25) is 0 Å². The van der Waals surface area contributed by atoms with Crippen molar-refractivity contribution < 1.29 is 9.18 Å². The van der Waals surface area contributed by atoms with Gasteiger partial charge < -0.3 is 10.2 Å². The van der Waals surface area contributed by atoms with Crippen LogP contribution in [-0.2, 0) is 4.79 Å². The molecule has 3 rings (SSSR count). The Morgan fingerprint density at radius 2 is 1.88 bits per heavy atom. The van der Waals surface area contributed by atoms with E-state index < -0.39 is 5.91 Å². The number of benzene rings is 2. The second kappa shape index (κ2) is 7.83. The zero-order valence-electron chi connectivity index (χ0n) is 14.6. The molecule has 0 spiro atoms. The highest BCUT2D eigenvalue weighted by molar-refractivity contribution is 6.09. The molecule has 1 N–H and O–H groups in total. The minimum atomic E-state index is -0.512. The van der Waals surface area contributed by atoms with Gasteiger partial charge in [-0.15, -0.1) is 0 Å². The molecule has 5 heteroatoms. The summed E-state index contributed by atoms with van der Waals surface area (Å²) in [5.74, 6) is -0.894. The second-order valence-electron chi connectivity index (χ2n) is 6.37. The van der Waals surface area contributed by atoms with E-state index in [4.69, 9.17) is 0 Å². The number of halogens is 1. The maximum absolute atomic E-state index is 12.9. The summed E-state index contributed by atoms with van der Waals surface area (Å²) in [5.41, 5.74) is 3.46. The predicted octanol–water partition coefficient (Wildman–Crippen LogP) is 4.28. The maximum atomic E-state index is 12.9. The molecule has 0 aliphatic carbocycles. The molecule has 1 aliphatic heterocycles. The first kappa shape index (κ1) is 17.7. The van der Waals surface area contributed by atoms with Crippen LogP contribution >= 0.6 is 0 Å². The Bertz CT molecular complexity index is 875. The fourth-order valence-electron chi connectivity index (χ4n) is 3.03. The van der Waals surface area contributed by atoms with Crippen LogP contribution in [0, 0.1) is 24.1 Å². The fraction of sp³-hybridized carbons (Fsp3) is 0.238. The van der Waals surface area contributed by atoms with Gasteiger partial charge in [0.15, 0.2) is 0 Å². The second-order valence-corrected chi connectivity index (χ2v) is 6.37. The van der Waals surface area contributed by atoms with Crippen molar-refractivity contribution in [2.24, 2.45) is 0 Å². The molecular formula is C21H20FN3O. The summed E-state index contributed by atoms with van der Waals surface area (Å²) in [6.07, 6.45) is 4.01. The summed E-state index contributed by atoms with van der Waals surface area (Å²) in [6, 6.07) is 13.4. The van der Waals surface area contributed by atoms with E-state index in [1.165, 1.54) is 42.8 Å². The third-order valence-electron chi connectivity index (χ3n) is 4.49. The predicted molar refractivity (Wildman–Crippen MR) is 101 cm³/mol. The number of hydrogen-bond acceptors (Lipinski definition) is 3. The van der Waals surface area contributed by atoms with Crippen molar-refractivity contribution in [1.82, 2.24) is 0 Å². The molecule has 0 radical (unpaired) electrons. The average Bonchev–Trinajstić information content (AvgIpc) is 3.17. The number of hydrogen-bond donors (Lipinski definition) is 1. The molecule has 132 valence electrons. The zero-order valence-corrected chi connectivity index (χ0v) is 14.6. The van der Waals surface area contributed by atoms with Crippen LogP contribution in [0.15, 0.2) is 48.0 Å². The first-order chi connectivity index (χ1) is 12.6. The van der Waals surface area contributed by atoms with Crippen LogP contribution in [-0.4, -0.2) is 19.0 Å². The Morgan fingerprint density at radius 1 is 1.19 bits per heavy atom. The summed E-state index contributed by atoms with van der Waals surface area (Å²) in [4.78, 5) is 14.7. The van der Waals surface area contributed by atoms with Crippen molar-refractivity contribution in [1.29, 1.82) is 5.26 Å². The highest BCUT2D eigenvalue weighted by Crippen LogP contribution is 2.24. The summed E-state index contributed by atoms with van der Waals surface area (Å²) >= 11 is 0. The van der Waals surface area contributed by atoms with Crippen LogP contribution < -0.4 is 10.2 Å². The maximum Gasteiger partial charge on any atom is 0.266 e. The van der Waals surface area contributed by atoms with Crippen molar-refractivity contribution in [3.8, 4) is 6.07 Å². The molecule has 2 aromatic rings. The van der Waals surface area contributed by atoms with E-state index in [9.17, 15) is 14.4 Å². The number of carbonyl (C=O) groups excluding carboxylic acids is 1. The average molecular weight is 349 g/mol. The largest absolute Gasteiger partial charge is 0.372 e. The van der Waals surface area contributed by atoms with Gasteiger partial charge in [-0.25, -0.2) is 4.39 Å². The molecule has 1 fully saturated rings. The van der Waals surface area contributed by atoms with E-state index in [2.05, 4.69) is 16.3 Å². The number of aryl methyl sites for hydroxylation is 1. The molecule has 2 aromatic carbocycles. The van der Waals surface area contributed by atoms with E-state index >= 15 is 0 Å². The summed E-state index contributed by atoms with van der Waals surface area (Å²) in [6.45, 7) is 4.11. The standard InChI is InChI=1S/C21H20FN3O/c1-15-12-20(25-10-2-3-11-25)9-4-16(15)13-17(14-23)21(26)24-19-7-5-18(22)6-8-19/h4-9,12-13H,2-3,10-11H2,1H3,(H,24,26)/b17-13-. The summed E-state index contributed by atoms with van der Waals surface area (Å²) in [7, 11) is 0. The van der Waals surface area contributed by atoms with Gasteiger partial charge in [0.2, 0.25) is 0 Å². The molecule has 0 bridgehead atoms. The minimum Gasteiger partial charge on any atom is -0.372 e. The van der Waals surface area contributed by atoms with Gasteiger partial charge in [0, 0.05) is 24.5 Å². The van der Waals surface area contributed by atoms with E-state index in [1.807, 2.05) is 25.1 Å². The third-order valence-corrected chi connectivity index (χ3v) is 4.49. The van der Waals surface area contributed by atoms with E-state index in [-0.39, 0.29) is 11.4 Å². The van der Waals surface area contributed by atoms with Crippen LogP contribution in [0.1, 0.15) is 24.0 Å². The van der Waals surface area contributed by atoms with Crippen molar-refractivity contribution >= 4 is 23.4 Å². The highest BCUT2D eigenvalue weighted by atomic mass is 19.1. The number of nitrogens with zero attached hydrogens (tertiary/aromatic N) is 2. The topological polar surface area (TPSA) is 56.1 Å². The first-order valence-electron chi connectivity index (χ1n) is 8.61. The van der Waals surface area contributed by atoms with Crippen molar-refractivity contribution in [3.05, 3.63) is 65.0 Å². The van der Waals surface area contributed by atoms with Crippen LogP contribution in [0.25, 0.3) is 6.08 Å². The lowest BCUT2D eigenvalue weighted by Gasteiger charge is -2.18. The van der Waals surface area contributed by atoms with Gasteiger partial charge in [-0.05, 0) is 73.4 Å². The van der Waals surface area contributed by atoms with Crippen LogP contribution in [0.4, 0.5) is 15.8 Å². The number of nitriles is 1. The van der Waals surface area contributed by atoms with Gasteiger partial charge in [-0.3, -0.25) is 4.79 Å². The monoisotopic (exact) mass is 349 g/mol. The Balaban J connectivity index is 1.78. The lowest BCUT2D eigenvalue weighted by molar-refractivity contribution is -0.112. The van der Waals surface area contributed by atoms with Crippen molar-refractivity contribution in [2.75, 3.05) is 23.3 Å². The molecule has 0 unspecified atom stereocenters. The summed E-state index contributed by atoms with van der Waals surface area (Å²) < 4.78 is 12.9. The number of amides is 1. The van der Waals surface area contributed by atoms with Crippen LogP contribution in [0.5, 0.6) is 0 Å². The summed E-state index contributed by atoms with van der Waals surface area (Å²) in [5, 5.41) is 12.0. The van der Waals surface area contributed by atoms with E-state index in [1.54, 1.807) is 6.08 Å². The highest BCUT2D eigenvalue weighted by Gasteiger charge is 2.14. The van der Waals surface area contributed by atoms with Gasteiger partial charge in [0.25, 0.3) is 5.91 Å². The minimum absolute atomic E-state index is 0.00588. The Kier molecular flexibility index (Phi) is 5.33. The van der Waals surface area contributed by atoms with Crippen LogP contribution in [0.3, 0.4) is 0 Å². The molecule has 0 aromatic heterocycles. The van der Waals surface area contributed by atoms with Gasteiger partial charge in [-0.2, -0.15) is 5.26 Å². The molecule has 1 amide bonds. The van der Waals surface area contributed by atoms with Crippen molar-refractivity contribution in [3.63, 3.8) is 0 Å². The SMILES string of the molecule is Cc1cc(N2CCCC2)ccc1/C=C(/C#N)C(=O)Nc1ccc(F)cc1. The first-order valence-corrected chi connectivity index (χ1v) is 8.61. The van der Waals surface area contributed by atoms with Gasteiger partial charge >= 0.3 is 0 Å². The van der Waals surface area contributed by atoms with Gasteiger partial charge in [0.1, 0.15) is 17.5 Å². The molecular weight excluding hydrogens is 329 g/mol. The third kappa shape index (κ3) is 4.09. The van der Waals surface area contributed by atoms with Gasteiger partial charge in [0.05, 0.1) is 0 Å². The lowest BCUT2D eigenvalue weighted by atomic mass is 10.0. The number of nitrogens with one attached hydrogen (secondary N) is 1. The Morgan fingerprint density at radius 3 is 2.50 bits per heavy atom. The number of rotatable bonds is 4. The molecule has 26 heavy (non-hydrogen) atoms. The number of anilines is 2.